The highest BCUT2D eigenvalue weighted by Crippen LogP contribution is 2.28. The molecule has 1 fully saturated rings. The maximum Gasteiger partial charge on any atom is 0.254 e. The first-order chi connectivity index (χ1) is 8.50. The van der Waals surface area contributed by atoms with E-state index in [9.17, 15) is 15.0 Å². The standard InChI is InChI=1S/C14H19NO3/c1-9-4-3-7-15(10(9)2)14(18)11-5-6-12(16)13(17)8-11/h5-6,8-10,16-17H,3-4,7H2,1-2H3. The number of piperidine rings is 1. The van der Waals surface area contributed by atoms with E-state index in [4.69, 9.17) is 0 Å². The fourth-order valence-corrected chi connectivity index (χ4v) is 2.44. The fraction of sp³-hybridized carbons (Fsp3) is 0.500. The van der Waals surface area contributed by atoms with Crippen molar-refractivity contribution in [2.45, 2.75) is 32.7 Å². The second-order valence-electron chi connectivity index (χ2n) is 5.06. The summed E-state index contributed by atoms with van der Waals surface area (Å²) in [7, 11) is 0. The van der Waals surface area contributed by atoms with Crippen LogP contribution >= 0.6 is 0 Å². The zero-order valence-electron chi connectivity index (χ0n) is 10.8. The van der Waals surface area contributed by atoms with Crippen LogP contribution in [0.3, 0.4) is 0 Å². The third-order valence-corrected chi connectivity index (χ3v) is 3.86. The number of nitrogens with zero attached hydrogens (tertiary/aromatic N) is 1. The summed E-state index contributed by atoms with van der Waals surface area (Å²) in [5.41, 5.74) is 0.422. The average Bonchev–Trinajstić information content (AvgIpc) is 2.35. The van der Waals surface area contributed by atoms with E-state index in [1.54, 1.807) is 6.07 Å². The maximum absolute atomic E-state index is 12.4. The number of aromatic hydroxyl groups is 2. The highest BCUT2D eigenvalue weighted by atomic mass is 16.3. The number of phenolic OH excluding ortho intramolecular Hbond substituents is 2. The highest BCUT2D eigenvalue weighted by molar-refractivity contribution is 5.95. The minimum Gasteiger partial charge on any atom is -0.504 e. The molecule has 0 aliphatic carbocycles. The summed E-state index contributed by atoms with van der Waals surface area (Å²) in [6, 6.07) is 4.43. The van der Waals surface area contributed by atoms with Gasteiger partial charge in [0.25, 0.3) is 5.91 Å². The molecule has 0 radical (unpaired) electrons. The van der Waals surface area contributed by atoms with Gasteiger partial charge < -0.3 is 15.1 Å². The van der Waals surface area contributed by atoms with Gasteiger partial charge in [0.2, 0.25) is 0 Å². The summed E-state index contributed by atoms with van der Waals surface area (Å²) in [5.74, 6) is -0.0390. The van der Waals surface area contributed by atoms with Crippen LogP contribution < -0.4 is 0 Å². The molecular formula is C14H19NO3. The Bertz CT molecular complexity index is 458. The van der Waals surface area contributed by atoms with E-state index in [1.165, 1.54) is 12.1 Å². The number of hydrogen-bond donors (Lipinski definition) is 2. The monoisotopic (exact) mass is 249 g/mol. The van der Waals surface area contributed by atoms with Gasteiger partial charge in [-0.2, -0.15) is 0 Å². The van der Waals surface area contributed by atoms with Gasteiger partial charge in [-0.05, 0) is 43.9 Å². The molecule has 1 heterocycles. The lowest BCUT2D eigenvalue weighted by molar-refractivity contribution is 0.0550. The summed E-state index contributed by atoms with van der Waals surface area (Å²) in [4.78, 5) is 14.2. The molecule has 2 unspecified atom stereocenters. The van der Waals surface area contributed by atoms with Crippen LogP contribution in [0.1, 0.15) is 37.0 Å². The highest BCUT2D eigenvalue weighted by Gasteiger charge is 2.29. The Morgan fingerprint density at radius 3 is 2.67 bits per heavy atom. The van der Waals surface area contributed by atoms with Crippen LogP contribution in [-0.2, 0) is 0 Å². The lowest BCUT2D eigenvalue weighted by Gasteiger charge is -2.38. The molecule has 1 aromatic rings. The molecule has 0 aromatic heterocycles. The van der Waals surface area contributed by atoms with Crippen molar-refractivity contribution < 1.29 is 15.0 Å². The van der Waals surface area contributed by atoms with E-state index in [1.807, 2.05) is 4.90 Å². The van der Waals surface area contributed by atoms with Crippen molar-refractivity contribution >= 4 is 5.91 Å². The Morgan fingerprint density at radius 2 is 2.00 bits per heavy atom. The Balaban J connectivity index is 2.22. The van der Waals surface area contributed by atoms with E-state index in [0.29, 0.717) is 11.5 Å². The molecule has 18 heavy (non-hydrogen) atoms. The van der Waals surface area contributed by atoms with Crippen molar-refractivity contribution in [3.8, 4) is 11.5 Å². The molecule has 1 aromatic carbocycles. The summed E-state index contributed by atoms with van der Waals surface area (Å²) in [5, 5.41) is 18.7. The van der Waals surface area contributed by atoms with Crippen LogP contribution in [0.5, 0.6) is 11.5 Å². The van der Waals surface area contributed by atoms with Crippen LogP contribution in [0, 0.1) is 5.92 Å². The lowest BCUT2D eigenvalue weighted by Crippen LogP contribution is -2.46. The molecular weight excluding hydrogens is 230 g/mol. The smallest absolute Gasteiger partial charge is 0.254 e. The first-order valence-corrected chi connectivity index (χ1v) is 6.33. The first-order valence-electron chi connectivity index (χ1n) is 6.33. The number of amides is 1. The van der Waals surface area contributed by atoms with Crippen molar-refractivity contribution in [3.63, 3.8) is 0 Å². The molecule has 4 nitrogen and oxygen atoms in total. The normalized spacial score (nSPS) is 24.0. The summed E-state index contributed by atoms with van der Waals surface area (Å²) in [6.45, 7) is 4.96. The van der Waals surface area contributed by atoms with Crippen molar-refractivity contribution in [1.29, 1.82) is 0 Å². The number of phenols is 2. The minimum absolute atomic E-state index is 0.0793. The van der Waals surface area contributed by atoms with E-state index in [-0.39, 0.29) is 23.4 Å². The molecule has 0 bridgehead atoms. The molecule has 0 saturated carbocycles. The number of carbonyl (C=O) groups is 1. The van der Waals surface area contributed by atoms with E-state index in [0.717, 1.165) is 19.4 Å². The second kappa shape index (κ2) is 4.88. The lowest BCUT2D eigenvalue weighted by atomic mass is 9.91. The number of rotatable bonds is 1. The van der Waals surface area contributed by atoms with Crippen LogP contribution in [0.2, 0.25) is 0 Å². The second-order valence-corrected chi connectivity index (χ2v) is 5.06. The van der Waals surface area contributed by atoms with Crippen LogP contribution in [0.15, 0.2) is 18.2 Å². The third-order valence-electron chi connectivity index (χ3n) is 3.86. The molecule has 1 aliphatic rings. The first kappa shape index (κ1) is 12.7. The molecule has 0 spiro atoms. The van der Waals surface area contributed by atoms with Gasteiger partial charge in [0.1, 0.15) is 0 Å². The number of hydrogen-bond acceptors (Lipinski definition) is 3. The van der Waals surface area contributed by atoms with Gasteiger partial charge in [-0.25, -0.2) is 0 Å². The minimum atomic E-state index is -0.251. The molecule has 1 aliphatic heterocycles. The average molecular weight is 249 g/mol. The van der Waals surface area contributed by atoms with Gasteiger partial charge in [0, 0.05) is 18.2 Å². The predicted octanol–water partition coefficient (Wildman–Crippen LogP) is 2.36. The fourth-order valence-electron chi connectivity index (χ4n) is 2.44. The van der Waals surface area contributed by atoms with Gasteiger partial charge in [0.15, 0.2) is 11.5 Å². The van der Waals surface area contributed by atoms with Crippen LogP contribution in [0.4, 0.5) is 0 Å². The zero-order chi connectivity index (χ0) is 13.3. The van der Waals surface area contributed by atoms with Crippen LogP contribution in [0.25, 0.3) is 0 Å². The van der Waals surface area contributed by atoms with Crippen molar-refractivity contribution in [3.05, 3.63) is 23.8 Å². The van der Waals surface area contributed by atoms with E-state index >= 15 is 0 Å². The molecule has 1 amide bonds. The summed E-state index contributed by atoms with van der Waals surface area (Å²) >= 11 is 0. The molecule has 1 saturated heterocycles. The Morgan fingerprint density at radius 1 is 1.28 bits per heavy atom. The Labute approximate surface area is 107 Å². The maximum atomic E-state index is 12.4. The molecule has 2 rings (SSSR count). The van der Waals surface area contributed by atoms with Crippen molar-refractivity contribution in [1.82, 2.24) is 4.90 Å². The van der Waals surface area contributed by atoms with Crippen LogP contribution in [-0.4, -0.2) is 33.6 Å². The van der Waals surface area contributed by atoms with Gasteiger partial charge in [-0.1, -0.05) is 6.92 Å². The SMILES string of the molecule is CC1CCCN(C(=O)c2ccc(O)c(O)c2)C1C. The third kappa shape index (κ3) is 2.28. The summed E-state index contributed by atoms with van der Waals surface area (Å²) < 4.78 is 0. The Kier molecular flexibility index (Phi) is 3.45. The molecule has 2 N–H and O–H groups in total. The number of likely N-dealkylation sites (tertiary alicyclic amines) is 1. The van der Waals surface area contributed by atoms with E-state index < -0.39 is 0 Å². The molecule has 4 heteroatoms. The molecule has 2 atom stereocenters. The summed E-state index contributed by atoms with van der Waals surface area (Å²) in [6.07, 6.45) is 2.16. The van der Waals surface area contributed by atoms with Gasteiger partial charge in [-0.3, -0.25) is 4.79 Å². The number of benzene rings is 1. The van der Waals surface area contributed by atoms with Crippen molar-refractivity contribution in [2.24, 2.45) is 5.92 Å². The Hall–Kier alpha value is -1.71. The largest absolute Gasteiger partial charge is 0.504 e. The zero-order valence-corrected chi connectivity index (χ0v) is 10.8. The topological polar surface area (TPSA) is 60.8 Å². The number of carbonyl (C=O) groups excluding carboxylic acids is 1. The van der Waals surface area contributed by atoms with Gasteiger partial charge in [0.05, 0.1) is 0 Å². The molecule has 98 valence electrons. The van der Waals surface area contributed by atoms with E-state index in [2.05, 4.69) is 13.8 Å². The van der Waals surface area contributed by atoms with Gasteiger partial charge >= 0.3 is 0 Å². The predicted molar refractivity (Wildman–Crippen MR) is 68.7 cm³/mol. The van der Waals surface area contributed by atoms with Gasteiger partial charge in [-0.15, -0.1) is 0 Å². The quantitative estimate of drug-likeness (QED) is 0.751. The van der Waals surface area contributed by atoms with Crippen molar-refractivity contribution in [2.75, 3.05) is 6.54 Å².